The number of carbonyl (C=O) groups excluding carboxylic acids is 1. The zero-order valence-corrected chi connectivity index (χ0v) is 10.9. The molecule has 1 aromatic rings. The van der Waals surface area contributed by atoms with Crippen molar-refractivity contribution in [3.05, 3.63) is 23.8 Å². The molecule has 0 bridgehead atoms. The zero-order chi connectivity index (χ0) is 11.3. The molecule has 0 saturated carbocycles. The number of hydrogen-bond acceptors (Lipinski definition) is 5. The van der Waals surface area contributed by atoms with Crippen LogP contribution in [0.1, 0.15) is 5.56 Å². The van der Waals surface area contributed by atoms with Gasteiger partial charge in [0.1, 0.15) is 11.5 Å². The SMILES string of the molecule is O=C([O-])CN=CCc1ccc(O)cc1O.[Na+]. The third kappa shape index (κ3) is 5.16. The number of carbonyl (C=O) groups is 1. The minimum Gasteiger partial charge on any atom is -0.548 e. The molecule has 1 aromatic carbocycles. The van der Waals surface area contributed by atoms with Crippen LogP contribution >= 0.6 is 0 Å². The number of nitrogens with zero attached hydrogens (tertiary/aromatic N) is 1. The van der Waals surface area contributed by atoms with Gasteiger partial charge in [-0.15, -0.1) is 0 Å². The minimum absolute atomic E-state index is 0. The summed E-state index contributed by atoms with van der Waals surface area (Å²) in [5.41, 5.74) is 0.565. The van der Waals surface area contributed by atoms with Gasteiger partial charge in [0, 0.05) is 18.7 Å². The standard InChI is InChI=1S/C10H11NO4.Na/c12-8-2-1-7(9(13)5-8)3-4-11-6-10(14)15;/h1-2,4-5,12-13H,3,6H2,(H,14,15);/q;+1/p-1. The van der Waals surface area contributed by atoms with Crippen molar-refractivity contribution >= 4 is 12.2 Å². The first-order valence-electron chi connectivity index (χ1n) is 4.28. The Labute approximate surface area is 115 Å². The van der Waals surface area contributed by atoms with E-state index in [0.717, 1.165) is 0 Å². The van der Waals surface area contributed by atoms with Crippen molar-refractivity contribution in [1.29, 1.82) is 0 Å². The number of rotatable bonds is 4. The summed E-state index contributed by atoms with van der Waals surface area (Å²) < 4.78 is 0. The van der Waals surface area contributed by atoms with E-state index >= 15 is 0 Å². The van der Waals surface area contributed by atoms with Gasteiger partial charge in [-0.05, 0) is 11.6 Å². The molecule has 2 N–H and O–H groups in total. The van der Waals surface area contributed by atoms with Crippen LogP contribution < -0.4 is 34.7 Å². The summed E-state index contributed by atoms with van der Waals surface area (Å²) in [6.45, 7) is -0.390. The van der Waals surface area contributed by atoms with Gasteiger partial charge in [0.15, 0.2) is 0 Å². The largest absolute Gasteiger partial charge is 1.00 e. The van der Waals surface area contributed by atoms with Gasteiger partial charge in [0.25, 0.3) is 0 Å². The normalized spacial score (nSPS) is 10.0. The number of aliphatic carboxylic acids is 1. The number of phenols is 2. The van der Waals surface area contributed by atoms with Crippen molar-refractivity contribution in [3.8, 4) is 11.5 Å². The molecule has 0 aliphatic heterocycles. The Morgan fingerprint density at radius 3 is 2.69 bits per heavy atom. The smallest absolute Gasteiger partial charge is 0.548 e. The first kappa shape index (κ1) is 15.0. The van der Waals surface area contributed by atoms with Crippen LogP contribution in [0.3, 0.4) is 0 Å². The molecule has 5 nitrogen and oxygen atoms in total. The molecule has 0 unspecified atom stereocenters. The van der Waals surface area contributed by atoms with E-state index in [9.17, 15) is 15.0 Å². The number of phenolic OH excluding ortho intramolecular Hbond substituents is 2. The maximum atomic E-state index is 10.0. The topological polar surface area (TPSA) is 93.0 Å². The molecule has 0 aliphatic carbocycles. The molecular weight excluding hydrogens is 221 g/mol. The fourth-order valence-electron chi connectivity index (χ4n) is 1.03. The van der Waals surface area contributed by atoms with Crippen molar-refractivity contribution < 1.29 is 49.7 Å². The summed E-state index contributed by atoms with van der Waals surface area (Å²) in [6.07, 6.45) is 1.68. The summed E-state index contributed by atoms with van der Waals surface area (Å²) in [4.78, 5) is 13.6. The monoisotopic (exact) mass is 231 g/mol. The van der Waals surface area contributed by atoms with Gasteiger partial charge in [-0.2, -0.15) is 0 Å². The van der Waals surface area contributed by atoms with E-state index in [2.05, 4.69) is 4.99 Å². The van der Waals surface area contributed by atoms with E-state index in [1.165, 1.54) is 24.4 Å². The van der Waals surface area contributed by atoms with Crippen LogP contribution in [0.4, 0.5) is 0 Å². The maximum Gasteiger partial charge on any atom is 1.00 e. The number of aromatic hydroxyl groups is 2. The molecule has 80 valence electrons. The van der Waals surface area contributed by atoms with E-state index in [-0.39, 0.29) is 41.1 Å². The molecule has 0 aliphatic rings. The van der Waals surface area contributed by atoms with Gasteiger partial charge in [-0.1, -0.05) is 6.07 Å². The van der Waals surface area contributed by atoms with Crippen LogP contribution in [0, 0.1) is 0 Å². The molecule has 6 heteroatoms. The molecular formula is C10H10NNaO4. The van der Waals surface area contributed by atoms with Crippen LogP contribution in [0.25, 0.3) is 0 Å². The number of benzene rings is 1. The zero-order valence-electron chi connectivity index (χ0n) is 8.88. The van der Waals surface area contributed by atoms with Crippen molar-refractivity contribution in [2.45, 2.75) is 6.42 Å². The summed E-state index contributed by atoms with van der Waals surface area (Å²) in [6, 6.07) is 4.18. The van der Waals surface area contributed by atoms with Gasteiger partial charge in [-0.25, -0.2) is 0 Å². The van der Waals surface area contributed by atoms with Crippen molar-refractivity contribution in [3.63, 3.8) is 0 Å². The molecule has 0 fully saturated rings. The molecule has 0 aromatic heterocycles. The summed E-state index contributed by atoms with van der Waals surface area (Å²) in [5, 5.41) is 28.4. The number of hydrogen-bond donors (Lipinski definition) is 2. The second kappa shape index (κ2) is 7.27. The van der Waals surface area contributed by atoms with E-state index in [1.807, 2.05) is 0 Å². The predicted molar refractivity (Wildman–Crippen MR) is 51.8 cm³/mol. The second-order valence-electron chi connectivity index (χ2n) is 2.91. The molecule has 0 spiro atoms. The quantitative estimate of drug-likeness (QED) is 0.415. The van der Waals surface area contributed by atoms with E-state index < -0.39 is 12.5 Å². The third-order valence-corrected chi connectivity index (χ3v) is 1.73. The van der Waals surface area contributed by atoms with Crippen LogP contribution in [0.15, 0.2) is 23.2 Å². The average Bonchev–Trinajstić information content (AvgIpc) is 2.14. The van der Waals surface area contributed by atoms with Crippen LogP contribution in [-0.2, 0) is 11.2 Å². The predicted octanol–water partition coefficient (Wildman–Crippen LogP) is -3.53. The van der Waals surface area contributed by atoms with Crippen LogP contribution in [0.5, 0.6) is 11.5 Å². The van der Waals surface area contributed by atoms with Crippen molar-refractivity contribution in [2.75, 3.05) is 6.54 Å². The van der Waals surface area contributed by atoms with Crippen LogP contribution in [-0.4, -0.2) is 28.9 Å². The Kier molecular flexibility index (Phi) is 6.80. The van der Waals surface area contributed by atoms with Crippen molar-refractivity contribution in [1.82, 2.24) is 0 Å². The number of aliphatic imine (C=N–C) groups is 1. The third-order valence-electron chi connectivity index (χ3n) is 1.73. The fraction of sp³-hybridized carbons (Fsp3) is 0.200. The second-order valence-corrected chi connectivity index (χ2v) is 2.91. The van der Waals surface area contributed by atoms with Gasteiger partial charge in [0.2, 0.25) is 0 Å². The molecule has 0 heterocycles. The summed E-state index contributed by atoms with van der Waals surface area (Å²) in [5.74, 6) is -1.32. The van der Waals surface area contributed by atoms with Crippen molar-refractivity contribution in [2.24, 2.45) is 4.99 Å². The summed E-state index contributed by atoms with van der Waals surface area (Å²) >= 11 is 0. The Bertz CT molecular complexity index is 392. The Morgan fingerprint density at radius 2 is 2.12 bits per heavy atom. The Balaban J connectivity index is 0.00000225. The molecule has 1 rings (SSSR count). The van der Waals surface area contributed by atoms with Gasteiger partial charge in [-0.3, -0.25) is 4.99 Å². The average molecular weight is 231 g/mol. The number of carboxylic acids is 1. The van der Waals surface area contributed by atoms with E-state index in [4.69, 9.17) is 5.11 Å². The Morgan fingerprint density at radius 1 is 1.44 bits per heavy atom. The van der Waals surface area contributed by atoms with Gasteiger partial charge < -0.3 is 20.1 Å². The fourth-order valence-corrected chi connectivity index (χ4v) is 1.03. The Hall–Kier alpha value is -1.04. The number of carboxylic acid groups (broad SMARTS) is 1. The van der Waals surface area contributed by atoms with E-state index in [1.54, 1.807) is 0 Å². The minimum atomic E-state index is -1.25. The van der Waals surface area contributed by atoms with Gasteiger partial charge >= 0.3 is 29.6 Å². The molecule has 0 saturated heterocycles. The molecule has 0 atom stereocenters. The molecule has 16 heavy (non-hydrogen) atoms. The first-order valence-corrected chi connectivity index (χ1v) is 4.28. The molecule has 0 amide bonds. The van der Waals surface area contributed by atoms with E-state index in [0.29, 0.717) is 12.0 Å². The summed E-state index contributed by atoms with van der Waals surface area (Å²) in [7, 11) is 0. The first-order chi connectivity index (χ1) is 7.09. The molecule has 0 radical (unpaired) electrons. The van der Waals surface area contributed by atoms with Gasteiger partial charge in [0.05, 0.1) is 12.5 Å². The van der Waals surface area contributed by atoms with Crippen LogP contribution in [0.2, 0.25) is 0 Å². The maximum absolute atomic E-state index is 10.0.